The van der Waals surface area contributed by atoms with Gasteiger partial charge in [0.15, 0.2) is 11.7 Å². The minimum absolute atomic E-state index is 0.0386. The second-order valence-corrected chi connectivity index (χ2v) is 2.91. The molecule has 0 spiro atoms. The van der Waals surface area contributed by atoms with Gasteiger partial charge in [-0.2, -0.15) is 0 Å². The Morgan fingerprint density at radius 1 is 1.31 bits per heavy atom. The summed E-state index contributed by atoms with van der Waals surface area (Å²) in [6.07, 6.45) is 0.535. The van der Waals surface area contributed by atoms with Crippen molar-refractivity contribution >= 4 is 17.2 Å². The van der Waals surface area contributed by atoms with E-state index in [9.17, 15) is 14.7 Å². The molecule has 0 aliphatic heterocycles. The molecular formula is C12H13NO3. The molecule has 1 aromatic heterocycles. The van der Waals surface area contributed by atoms with Gasteiger partial charge in [0.25, 0.3) is 0 Å². The number of para-hydroxylation sites is 1. The molecule has 0 fully saturated rings. The molecule has 0 atom stereocenters. The number of nitrogens with one attached hydrogen (secondary N) is 1. The third-order valence-corrected chi connectivity index (χ3v) is 1.99. The molecule has 2 aromatic rings. The van der Waals surface area contributed by atoms with Gasteiger partial charge >= 0.3 is 0 Å². The van der Waals surface area contributed by atoms with Crippen LogP contribution in [0.25, 0.3) is 10.9 Å². The Bertz CT molecular complexity index is 558. The average molecular weight is 219 g/mol. The fourth-order valence-electron chi connectivity index (χ4n) is 1.34. The van der Waals surface area contributed by atoms with Crippen molar-refractivity contribution in [2.24, 2.45) is 0 Å². The van der Waals surface area contributed by atoms with Gasteiger partial charge in [0.1, 0.15) is 5.75 Å². The Kier molecular flexibility index (Phi) is 3.83. The van der Waals surface area contributed by atoms with Crippen molar-refractivity contribution < 1.29 is 9.90 Å². The summed E-state index contributed by atoms with van der Waals surface area (Å²) in [6, 6.07) is 5.82. The van der Waals surface area contributed by atoms with E-state index in [-0.39, 0.29) is 16.9 Å². The number of aromatic amines is 1. The summed E-state index contributed by atoms with van der Waals surface area (Å²) in [6.45, 7) is 4.00. The standard InChI is InChI=1S/C10H7NO3.C2H6/c12-5-6-4-9(14)7-2-1-3-8(13)10(7)11-6;1-2/h1-5,13H,(H,11,14);1-2H3. The van der Waals surface area contributed by atoms with Gasteiger partial charge in [-0.3, -0.25) is 9.59 Å². The van der Waals surface area contributed by atoms with Crippen LogP contribution in [0.1, 0.15) is 24.3 Å². The zero-order chi connectivity index (χ0) is 12.1. The highest BCUT2D eigenvalue weighted by molar-refractivity contribution is 5.87. The Hall–Kier alpha value is -2.10. The third-order valence-electron chi connectivity index (χ3n) is 1.99. The van der Waals surface area contributed by atoms with Crippen molar-refractivity contribution in [3.8, 4) is 5.75 Å². The number of carbonyl (C=O) groups excluding carboxylic acids is 1. The highest BCUT2D eigenvalue weighted by atomic mass is 16.3. The number of benzene rings is 1. The number of phenolic OH excluding ortho intramolecular Hbond substituents is 1. The van der Waals surface area contributed by atoms with Crippen LogP contribution in [-0.4, -0.2) is 16.4 Å². The predicted molar refractivity (Wildman–Crippen MR) is 63.0 cm³/mol. The van der Waals surface area contributed by atoms with Crippen LogP contribution in [0.2, 0.25) is 0 Å². The molecule has 4 nitrogen and oxygen atoms in total. The molecule has 1 aromatic carbocycles. The zero-order valence-electron chi connectivity index (χ0n) is 9.15. The van der Waals surface area contributed by atoms with E-state index in [4.69, 9.17) is 0 Å². The van der Waals surface area contributed by atoms with E-state index in [0.29, 0.717) is 17.2 Å². The van der Waals surface area contributed by atoms with Gasteiger partial charge in [-0.1, -0.05) is 19.9 Å². The van der Waals surface area contributed by atoms with Crippen LogP contribution < -0.4 is 5.43 Å². The number of H-pyrrole nitrogens is 1. The van der Waals surface area contributed by atoms with Crippen molar-refractivity contribution in [1.29, 1.82) is 0 Å². The fourth-order valence-corrected chi connectivity index (χ4v) is 1.34. The minimum Gasteiger partial charge on any atom is -0.506 e. The van der Waals surface area contributed by atoms with Crippen molar-refractivity contribution in [2.75, 3.05) is 0 Å². The normalized spacial score (nSPS) is 9.38. The van der Waals surface area contributed by atoms with E-state index in [0.717, 1.165) is 0 Å². The van der Waals surface area contributed by atoms with Crippen LogP contribution in [-0.2, 0) is 0 Å². The number of hydrogen-bond acceptors (Lipinski definition) is 3. The average Bonchev–Trinajstić information content (AvgIpc) is 2.33. The van der Waals surface area contributed by atoms with Gasteiger partial charge in [0.05, 0.1) is 11.2 Å². The first kappa shape index (κ1) is 12.0. The van der Waals surface area contributed by atoms with E-state index in [2.05, 4.69) is 4.98 Å². The first-order valence-corrected chi connectivity index (χ1v) is 5.02. The highest BCUT2D eigenvalue weighted by Crippen LogP contribution is 2.19. The zero-order valence-corrected chi connectivity index (χ0v) is 9.15. The Morgan fingerprint density at radius 2 is 2.00 bits per heavy atom. The quantitative estimate of drug-likeness (QED) is 0.721. The Balaban J connectivity index is 0.000000606. The number of rotatable bonds is 1. The Labute approximate surface area is 92.6 Å². The van der Waals surface area contributed by atoms with Crippen molar-refractivity contribution in [3.63, 3.8) is 0 Å². The minimum atomic E-state index is -0.281. The molecule has 4 heteroatoms. The molecule has 1 heterocycles. The van der Waals surface area contributed by atoms with Crippen molar-refractivity contribution in [3.05, 3.63) is 40.2 Å². The van der Waals surface area contributed by atoms with E-state index in [1.807, 2.05) is 13.8 Å². The SMILES string of the molecule is CC.O=Cc1cc(=O)c2cccc(O)c2[nH]1. The van der Waals surface area contributed by atoms with Gasteiger partial charge in [-0.25, -0.2) is 0 Å². The van der Waals surface area contributed by atoms with E-state index < -0.39 is 0 Å². The van der Waals surface area contributed by atoms with Crippen LogP contribution in [0.15, 0.2) is 29.1 Å². The number of phenols is 1. The first-order chi connectivity index (χ1) is 7.72. The lowest BCUT2D eigenvalue weighted by Crippen LogP contribution is -2.04. The van der Waals surface area contributed by atoms with Gasteiger partial charge in [0.2, 0.25) is 0 Å². The lowest BCUT2D eigenvalue weighted by Gasteiger charge is -2.00. The number of carbonyl (C=O) groups is 1. The second-order valence-electron chi connectivity index (χ2n) is 2.91. The van der Waals surface area contributed by atoms with Gasteiger partial charge in [0, 0.05) is 11.5 Å². The lowest BCUT2D eigenvalue weighted by atomic mass is 10.2. The first-order valence-electron chi connectivity index (χ1n) is 5.02. The molecule has 0 unspecified atom stereocenters. The topological polar surface area (TPSA) is 70.2 Å². The number of aromatic hydroxyl groups is 1. The van der Waals surface area contributed by atoms with Crippen molar-refractivity contribution in [2.45, 2.75) is 13.8 Å². The Morgan fingerprint density at radius 3 is 2.62 bits per heavy atom. The summed E-state index contributed by atoms with van der Waals surface area (Å²) in [4.78, 5) is 24.6. The molecule has 0 amide bonds. The smallest absolute Gasteiger partial charge is 0.190 e. The molecule has 0 radical (unpaired) electrons. The number of fused-ring (bicyclic) bond motifs is 1. The molecular weight excluding hydrogens is 206 g/mol. The maximum atomic E-state index is 11.4. The molecule has 84 valence electrons. The summed E-state index contributed by atoms with van der Waals surface area (Å²) in [5.41, 5.74) is 0.169. The van der Waals surface area contributed by atoms with Crippen LogP contribution >= 0.6 is 0 Å². The van der Waals surface area contributed by atoms with Crippen LogP contribution in [0.5, 0.6) is 5.75 Å². The fraction of sp³-hybridized carbons (Fsp3) is 0.167. The number of aldehydes is 1. The summed E-state index contributed by atoms with van der Waals surface area (Å²) in [7, 11) is 0. The van der Waals surface area contributed by atoms with Crippen molar-refractivity contribution in [1.82, 2.24) is 4.98 Å². The third kappa shape index (κ3) is 2.11. The maximum absolute atomic E-state index is 11.4. The van der Waals surface area contributed by atoms with Crippen LogP contribution in [0.3, 0.4) is 0 Å². The summed E-state index contributed by atoms with van der Waals surface area (Å²) < 4.78 is 0. The lowest BCUT2D eigenvalue weighted by molar-refractivity contribution is 0.111. The molecule has 0 saturated carbocycles. The largest absolute Gasteiger partial charge is 0.506 e. The molecule has 2 rings (SSSR count). The molecule has 0 bridgehead atoms. The van der Waals surface area contributed by atoms with Gasteiger partial charge < -0.3 is 10.1 Å². The molecule has 0 saturated heterocycles. The maximum Gasteiger partial charge on any atom is 0.190 e. The summed E-state index contributed by atoms with van der Waals surface area (Å²) in [5, 5.41) is 9.80. The molecule has 0 aliphatic rings. The van der Waals surface area contributed by atoms with Crippen LogP contribution in [0.4, 0.5) is 0 Å². The summed E-state index contributed by atoms with van der Waals surface area (Å²) in [5.74, 6) is -0.0386. The number of pyridine rings is 1. The van der Waals surface area contributed by atoms with Gasteiger partial charge in [-0.05, 0) is 12.1 Å². The second kappa shape index (κ2) is 5.11. The summed E-state index contributed by atoms with van der Waals surface area (Å²) >= 11 is 0. The van der Waals surface area contributed by atoms with E-state index in [1.165, 1.54) is 12.1 Å². The van der Waals surface area contributed by atoms with E-state index in [1.54, 1.807) is 12.1 Å². The van der Waals surface area contributed by atoms with Gasteiger partial charge in [-0.15, -0.1) is 0 Å². The number of aromatic nitrogens is 1. The highest BCUT2D eigenvalue weighted by Gasteiger charge is 2.04. The van der Waals surface area contributed by atoms with Crippen LogP contribution in [0, 0.1) is 0 Å². The molecule has 2 N–H and O–H groups in total. The predicted octanol–water partition coefficient (Wildman–Crippen LogP) is 2.07. The monoisotopic (exact) mass is 219 g/mol. The van der Waals surface area contributed by atoms with E-state index >= 15 is 0 Å². The molecule has 0 aliphatic carbocycles. The number of hydrogen-bond donors (Lipinski definition) is 2. The molecule has 16 heavy (non-hydrogen) atoms.